The van der Waals surface area contributed by atoms with Gasteiger partial charge >= 0.3 is 5.97 Å². The second kappa shape index (κ2) is 4.75. The number of ether oxygens (including phenoxy) is 1. The number of esters is 1. The predicted molar refractivity (Wildman–Crippen MR) is 62.3 cm³/mol. The quantitative estimate of drug-likeness (QED) is 0.739. The van der Waals surface area contributed by atoms with Crippen LogP contribution in [-0.2, 0) is 4.74 Å². The molecule has 0 spiro atoms. The third-order valence-corrected chi connectivity index (χ3v) is 2.30. The van der Waals surface area contributed by atoms with Gasteiger partial charge in [0.1, 0.15) is 0 Å². The molecule has 0 atom stereocenters. The highest BCUT2D eigenvalue weighted by molar-refractivity contribution is 6.02. The van der Waals surface area contributed by atoms with Crippen LogP contribution < -0.4 is 0 Å². The number of hydrogen-bond acceptors (Lipinski definition) is 3. The molecule has 3 heteroatoms. The van der Waals surface area contributed by atoms with E-state index in [-0.39, 0.29) is 5.97 Å². The highest BCUT2D eigenvalue weighted by Gasteiger charge is 2.11. The Morgan fingerprint density at radius 3 is 2.94 bits per heavy atom. The van der Waals surface area contributed by atoms with Crippen LogP contribution in [0.1, 0.15) is 23.8 Å². The number of nitrogens with zero attached hydrogens (tertiary/aromatic N) is 1. The van der Waals surface area contributed by atoms with Gasteiger partial charge in [-0.15, -0.1) is 0 Å². The molecule has 0 aliphatic carbocycles. The summed E-state index contributed by atoms with van der Waals surface area (Å²) in [5, 5.41) is 1.84. The van der Waals surface area contributed by atoms with E-state index < -0.39 is 0 Å². The maximum absolute atomic E-state index is 11.7. The van der Waals surface area contributed by atoms with Crippen molar-refractivity contribution >= 4 is 16.7 Å². The Hall–Kier alpha value is -1.90. The highest BCUT2D eigenvalue weighted by Crippen LogP contribution is 2.16. The van der Waals surface area contributed by atoms with E-state index >= 15 is 0 Å². The van der Waals surface area contributed by atoms with Gasteiger partial charge in [0.05, 0.1) is 6.61 Å². The van der Waals surface area contributed by atoms with Gasteiger partial charge in [-0.2, -0.15) is 0 Å². The summed E-state index contributed by atoms with van der Waals surface area (Å²) in [5.41, 5.74) is 0.395. The molecule has 1 aromatic carbocycles. The Balaban J connectivity index is 2.40. The smallest absolute Gasteiger partial charge is 0.357 e. The van der Waals surface area contributed by atoms with Gasteiger partial charge in [-0.3, -0.25) is 0 Å². The van der Waals surface area contributed by atoms with Crippen LogP contribution in [-0.4, -0.2) is 17.6 Å². The zero-order valence-electron chi connectivity index (χ0n) is 9.14. The van der Waals surface area contributed by atoms with Crippen molar-refractivity contribution in [1.82, 2.24) is 4.98 Å². The topological polar surface area (TPSA) is 39.2 Å². The van der Waals surface area contributed by atoms with Crippen LogP contribution in [0, 0.1) is 0 Å². The lowest BCUT2D eigenvalue weighted by Crippen LogP contribution is -2.08. The third kappa shape index (κ3) is 2.03. The van der Waals surface area contributed by atoms with Crippen LogP contribution in [0.25, 0.3) is 10.8 Å². The Labute approximate surface area is 94.1 Å². The first-order chi connectivity index (χ1) is 7.83. The zero-order valence-corrected chi connectivity index (χ0v) is 9.14. The molecule has 0 saturated carbocycles. The maximum atomic E-state index is 11.7. The fourth-order valence-electron chi connectivity index (χ4n) is 1.55. The summed E-state index contributed by atoms with van der Waals surface area (Å²) in [5.74, 6) is -0.348. The molecule has 1 aromatic heterocycles. The third-order valence-electron chi connectivity index (χ3n) is 2.30. The Morgan fingerprint density at radius 1 is 1.31 bits per heavy atom. The lowest BCUT2D eigenvalue weighted by molar-refractivity contribution is 0.0501. The SMILES string of the molecule is CCCOC(=O)c1nccc2ccccc12. The molecule has 1 heterocycles. The van der Waals surface area contributed by atoms with Crippen LogP contribution in [0.5, 0.6) is 0 Å². The first-order valence-corrected chi connectivity index (χ1v) is 5.34. The number of benzene rings is 1. The van der Waals surface area contributed by atoms with Crippen LogP contribution in [0.15, 0.2) is 36.5 Å². The van der Waals surface area contributed by atoms with E-state index in [9.17, 15) is 4.79 Å². The molecule has 3 nitrogen and oxygen atoms in total. The average Bonchev–Trinajstić information content (AvgIpc) is 2.35. The van der Waals surface area contributed by atoms with Crippen molar-refractivity contribution in [2.45, 2.75) is 13.3 Å². The van der Waals surface area contributed by atoms with Crippen molar-refractivity contribution in [2.75, 3.05) is 6.61 Å². The van der Waals surface area contributed by atoms with Gasteiger partial charge < -0.3 is 4.74 Å². The van der Waals surface area contributed by atoms with Gasteiger partial charge in [-0.25, -0.2) is 9.78 Å². The molecule has 0 aliphatic heterocycles. The van der Waals surface area contributed by atoms with Crippen molar-refractivity contribution < 1.29 is 9.53 Å². The molecule has 0 saturated heterocycles. The zero-order chi connectivity index (χ0) is 11.4. The summed E-state index contributed by atoms with van der Waals surface area (Å²) >= 11 is 0. The molecule has 0 aliphatic rings. The number of rotatable bonds is 3. The van der Waals surface area contributed by atoms with Gasteiger partial charge in [-0.05, 0) is 17.9 Å². The molecule has 0 unspecified atom stereocenters. The van der Waals surface area contributed by atoms with Crippen LogP contribution >= 0.6 is 0 Å². The van der Waals surface area contributed by atoms with Gasteiger partial charge in [0.25, 0.3) is 0 Å². The Morgan fingerprint density at radius 2 is 2.12 bits per heavy atom. The molecule has 2 rings (SSSR count). The minimum absolute atomic E-state index is 0.348. The minimum atomic E-state index is -0.348. The molecule has 0 fully saturated rings. The Kier molecular flexibility index (Phi) is 3.15. The van der Waals surface area contributed by atoms with Crippen molar-refractivity contribution in [1.29, 1.82) is 0 Å². The first-order valence-electron chi connectivity index (χ1n) is 5.34. The molecule has 82 valence electrons. The molecular weight excluding hydrogens is 202 g/mol. The summed E-state index contributed by atoms with van der Waals surface area (Å²) < 4.78 is 5.08. The number of carbonyl (C=O) groups is 1. The highest BCUT2D eigenvalue weighted by atomic mass is 16.5. The number of aromatic nitrogens is 1. The maximum Gasteiger partial charge on any atom is 0.357 e. The van der Waals surface area contributed by atoms with Crippen LogP contribution in [0.2, 0.25) is 0 Å². The second-order valence-electron chi connectivity index (χ2n) is 3.52. The molecule has 0 bridgehead atoms. The van der Waals surface area contributed by atoms with Gasteiger partial charge in [-0.1, -0.05) is 31.2 Å². The number of fused-ring (bicyclic) bond motifs is 1. The summed E-state index contributed by atoms with van der Waals surface area (Å²) in [7, 11) is 0. The standard InChI is InChI=1S/C13H13NO2/c1-2-9-16-13(15)12-11-6-4-3-5-10(11)7-8-14-12/h3-8H,2,9H2,1H3. The fraction of sp³-hybridized carbons (Fsp3) is 0.231. The largest absolute Gasteiger partial charge is 0.461 e. The second-order valence-corrected chi connectivity index (χ2v) is 3.52. The van der Waals surface area contributed by atoms with Gasteiger partial charge in [0.2, 0.25) is 0 Å². The van der Waals surface area contributed by atoms with Crippen molar-refractivity contribution in [3.8, 4) is 0 Å². The van der Waals surface area contributed by atoms with Crippen molar-refractivity contribution in [3.63, 3.8) is 0 Å². The molecule has 0 radical (unpaired) electrons. The van der Waals surface area contributed by atoms with Gasteiger partial charge in [0.15, 0.2) is 5.69 Å². The monoisotopic (exact) mass is 215 g/mol. The number of carbonyl (C=O) groups excluding carboxylic acids is 1. The van der Waals surface area contributed by atoms with E-state index in [0.29, 0.717) is 12.3 Å². The van der Waals surface area contributed by atoms with E-state index in [1.54, 1.807) is 6.20 Å². The van der Waals surface area contributed by atoms with Crippen molar-refractivity contribution in [3.05, 3.63) is 42.2 Å². The first kappa shape index (κ1) is 10.6. The number of hydrogen-bond donors (Lipinski definition) is 0. The van der Waals surface area contributed by atoms with E-state index in [1.807, 2.05) is 37.3 Å². The van der Waals surface area contributed by atoms with E-state index in [4.69, 9.17) is 4.74 Å². The average molecular weight is 215 g/mol. The summed E-state index contributed by atoms with van der Waals surface area (Å²) in [6.07, 6.45) is 2.45. The van der Waals surface area contributed by atoms with E-state index in [1.165, 1.54) is 0 Å². The fourth-order valence-corrected chi connectivity index (χ4v) is 1.55. The Bertz CT molecular complexity index is 503. The molecule has 16 heavy (non-hydrogen) atoms. The summed E-state index contributed by atoms with van der Waals surface area (Å²) in [4.78, 5) is 15.8. The molecule has 0 amide bonds. The van der Waals surface area contributed by atoms with Crippen LogP contribution in [0.4, 0.5) is 0 Å². The number of pyridine rings is 1. The van der Waals surface area contributed by atoms with Gasteiger partial charge in [0, 0.05) is 11.6 Å². The van der Waals surface area contributed by atoms with Crippen LogP contribution in [0.3, 0.4) is 0 Å². The van der Waals surface area contributed by atoms with E-state index in [0.717, 1.165) is 17.2 Å². The van der Waals surface area contributed by atoms with Crippen molar-refractivity contribution in [2.24, 2.45) is 0 Å². The lowest BCUT2D eigenvalue weighted by Gasteiger charge is -2.05. The summed E-state index contributed by atoms with van der Waals surface area (Å²) in [6, 6.07) is 9.54. The normalized spacial score (nSPS) is 10.3. The minimum Gasteiger partial charge on any atom is -0.461 e. The molecule has 2 aromatic rings. The summed E-state index contributed by atoms with van der Waals surface area (Å²) in [6.45, 7) is 2.40. The van der Waals surface area contributed by atoms with E-state index in [2.05, 4.69) is 4.98 Å². The lowest BCUT2D eigenvalue weighted by atomic mass is 10.1. The molecule has 0 N–H and O–H groups in total. The molecular formula is C13H13NO2. The predicted octanol–water partition coefficient (Wildman–Crippen LogP) is 2.80.